The fourth-order valence-electron chi connectivity index (χ4n) is 2.62. The van der Waals surface area contributed by atoms with Crippen molar-refractivity contribution in [1.29, 1.82) is 0 Å². The first-order valence-electron chi connectivity index (χ1n) is 9.42. The van der Waals surface area contributed by atoms with Crippen molar-refractivity contribution in [2.24, 2.45) is 0 Å². The molecular formula is C21H24N6O2S. The van der Waals surface area contributed by atoms with E-state index in [-0.39, 0.29) is 6.54 Å². The van der Waals surface area contributed by atoms with Gasteiger partial charge in [-0.25, -0.2) is 28.1 Å². The molecule has 3 N–H and O–H groups in total. The first kappa shape index (κ1) is 21.4. The Morgan fingerprint density at radius 3 is 2.47 bits per heavy atom. The number of hydrogen-bond donors (Lipinski definition) is 3. The van der Waals surface area contributed by atoms with Crippen LogP contribution in [-0.2, 0) is 10.0 Å². The monoisotopic (exact) mass is 424 g/mol. The summed E-state index contributed by atoms with van der Waals surface area (Å²) < 4.78 is 26.7. The van der Waals surface area contributed by atoms with E-state index in [4.69, 9.17) is 0 Å². The first-order chi connectivity index (χ1) is 14.4. The van der Waals surface area contributed by atoms with Crippen LogP contribution in [0.1, 0.15) is 17.0 Å². The van der Waals surface area contributed by atoms with E-state index in [0.29, 0.717) is 29.8 Å². The van der Waals surface area contributed by atoms with Crippen molar-refractivity contribution in [3.63, 3.8) is 0 Å². The normalized spacial score (nSPS) is 11.5. The van der Waals surface area contributed by atoms with Crippen molar-refractivity contribution in [1.82, 2.24) is 19.7 Å². The number of rotatable bonds is 9. The van der Waals surface area contributed by atoms with Crippen LogP contribution >= 0.6 is 0 Å². The molecule has 0 fully saturated rings. The molecule has 0 aliphatic carbocycles. The van der Waals surface area contributed by atoms with Crippen LogP contribution in [0.15, 0.2) is 60.1 Å². The maximum absolute atomic E-state index is 12.1. The summed E-state index contributed by atoms with van der Waals surface area (Å²) >= 11 is 0. The number of hydrogen-bond acceptors (Lipinski definition) is 7. The van der Waals surface area contributed by atoms with Crippen LogP contribution in [0, 0.1) is 13.8 Å². The molecule has 156 valence electrons. The van der Waals surface area contributed by atoms with Gasteiger partial charge in [-0.15, -0.1) is 0 Å². The smallest absolute Gasteiger partial charge is 0.233 e. The molecule has 0 spiro atoms. The van der Waals surface area contributed by atoms with E-state index >= 15 is 0 Å². The molecule has 0 aliphatic heterocycles. The third-order valence-corrected chi connectivity index (χ3v) is 5.08. The van der Waals surface area contributed by atoms with E-state index in [1.807, 2.05) is 49.4 Å². The number of aromatic nitrogens is 3. The topological polar surface area (TPSA) is 109 Å². The van der Waals surface area contributed by atoms with Gasteiger partial charge >= 0.3 is 0 Å². The lowest BCUT2D eigenvalue weighted by Gasteiger charge is -2.10. The number of sulfonamides is 1. The number of benzene rings is 1. The molecule has 2 heterocycles. The van der Waals surface area contributed by atoms with Gasteiger partial charge in [-0.3, -0.25) is 0 Å². The molecule has 3 rings (SSSR count). The standard InChI is InChI=1S/C21H24N6O2S/c1-16-8-10-22-19(14-16)27-21-15-20(25-17(2)26-21)23-11-12-24-30(28,29)13-9-18-6-4-3-5-7-18/h3-10,13-15,24H,11-12H2,1-2H3,(H2,22,23,25,26,27)/b13-9+. The van der Waals surface area contributed by atoms with E-state index in [2.05, 4.69) is 30.3 Å². The fraction of sp³-hybridized carbons (Fsp3) is 0.190. The largest absolute Gasteiger partial charge is 0.369 e. The van der Waals surface area contributed by atoms with Crippen molar-refractivity contribution in [3.8, 4) is 0 Å². The Kier molecular flexibility index (Phi) is 7.10. The Labute approximate surface area is 176 Å². The van der Waals surface area contributed by atoms with Crippen LogP contribution in [-0.4, -0.2) is 36.5 Å². The van der Waals surface area contributed by atoms with Gasteiger partial charge in [0.1, 0.15) is 23.3 Å². The number of anilines is 3. The molecule has 0 radical (unpaired) electrons. The molecule has 9 heteroatoms. The zero-order chi connectivity index (χ0) is 21.4. The van der Waals surface area contributed by atoms with Crippen LogP contribution in [0.5, 0.6) is 0 Å². The van der Waals surface area contributed by atoms with Crippen LogP contribution in [0.2, 0.25) is 0 Å². The third-order valence-electron chi connectivity index (χ3n) is 3.98. The van der Waals surface area contributed by atoms with Gasteiger partial charge in [0.25, 0.3) is 0 Å². The molecule has 0 amide bonds. The minimum Gasteiger partial charge on any atom is -0.369 e. The van der Waals surface area contributed by atoms with Crippen LogP contribution in [0.4, 0.5) is 17.5 Å². The minimum atomic E-state index is -3.52. The fourth-order valence-corrected chi connectivity index (χ4v) is 3.44. The van der Waals surface area contributed by atoms with Gasteiger partial charge in [0.15, 0.2) is 0 Å². The second-order valence-electron chi connectivity index (χ2n) is 6.61. The molecule has 0 bridgehead atoms. The predicted octanol–water partition coefficient (Wildman–Crippen LogP) is 3.23. The third kappa shape index (κ3) is 6.94. The maximum Gasteiger partial charge on any atom is 0.233 e. The predicted molar refractivity (Wildman–Crippen MR) is 120 cm³/mol. The molecular weight excluding hydrogens is 400 g/mol. The van der Waals surface area contributed by atoms with Gasteiger partial charge in [-0.2, -0.15) is 0 Å². The summed E-state index contributed by atoms with van der Waals surface area (Å²) in [4.78, 5) is 12.9. The van der Waals surface area contributed by atoms with Crippen molar-refractivity contribution in [3.05, 3.63) is 77.1 Å². The van der Waals surface area contributed by atoms with E-state index in [9.17, 15) is 8.42 Å². The van der Waals surface area contributed by atoms with Gasteiger partial charge < -0.3 is 10.6 Å². The average molecular weight is 425 g/mol. The van der Waals surface area contributed by atoms with Crippen LogP contribution < -0.4 is 15.4 Å². The van der Waals surface area contributed by atoms with E-state index in [1.54, 1.807) is 25.3 Å². The number of nitrogens with zero attached hydrogens (tertiary/aromatic N) is 3. The quantitative estimate of drug-likeness (QED) is 0.453. The number of nitrogens with one attached hydrogen (secondary N) is 3. The summed E-state index contributed by atoms with van der Waals surface area (Å²) in [6.07, 6.45) is 3.28. The highest BCUT2D eigenvalue weighted by Gasteiger charge is 2.06. The van der Waals surface area contributed by atoms with Crippen molar-refractivity contribution in [2.45, 2.75) is 13.8 Å². The molecule has 0 saturated carbocycles. The van der Waals surface area contributed by atoms with E-state index in [1.165, 1.54) is 0 Å². The lowest BCUT2D eigenvalue weighted by Crippen LogP contribution is -2.27. The average Bonchev–Trinajstić information content (AvgIpc) is 2.70. The SMILES string of the molecule is Cc1ccnc(Nc2cc(NCCNS(=O)(=O)/C=C/c3ccccc3)nc(C)n2)c1. The molecule has 0 unspecified atom stereocenters. The Morgan fingerprint density at radius 1 is 0.933 bits per heavy atom. The lowest BCUT2D eigenvalue weighted by molar-refractivity contribution is 0.592. The Hall–Kier alpha value is -3.30. The van der Waals surface area contributed by atoms with Gasteiger partial charge in [0.05, 0.1) is 0 Å². The zero-order valence-corrected chi connectivity index (χ0v) is 17.6. The molecule has 0 aliphatic rings. The van der Waals surface area contributed by atoms with Gasteiger partial charge in [-0.05, 0) is 43.2 Å². The highest BCUT2D eigenvalue weighted by molar-refractivity contribution is 7.92. The number of aryl methyl sites for hydroxylation is 2. The molecule has 1 aromatic carbocycles. The molecule has 0 saturated heterocycles. The van der Waals surface area contributed by atoms with E-state index < -0.39 is 10.0 Å². The lowest BCUT2D eigenvalue weighted by atomic mass is 10.2. The summed E-state index contributed by atoms with van der Waals surface area (Å²) in [5.41, 5.74) is 1.91. The highest BCUT2D eigenvalue weighted by Crippen LogP contribution is 2.16. The Balaban J connectivity index is 1.53. The number of pyridine rings is 1. The van der Waals surface area contributed by atoms with Crippen molar-refractivity contribution < 1.29 is 8.42 Å². The highest BCUT2D eigenvalue weighted by atomic mass is 32.2. The molecule has 2 aromatic heterocycles. The Bertz CT molecular complexity index is 1120. The zero-order valence-electron chi connectivity index (χ0n) is 16.8. The van der Waals surface area contributed by atoms with Crippen molar-refractivity contribution in [2.75, 3.05) is 23.7 Å². The van der Waals surface area contributed by atoms with Gasteiger partial charge in [0.2, 0.25) is 10.0 Å². The molecule has 0 atom stereocenters. The first-order valence-corrected chi connectivity index (χ1v) is 11.0. The van der Waals surface area contributed by atoms with Crippen molar-refractivity contribution >= 4 is 33.6 Å². The minimum absolute atomic E-state index is 0.215. The second-order valence-corrected chi connectivity index (χ2v) is 8.26. The van der Waals surface area contributed by atoms with Gasteiger partial charge in [-0.1, -0.05) is 30.3 Å². The van der Waals surface area contributed by atoms with E-state index in [0.717, 1.165) is 16.5 Å². The summed E-state index contributed by atoms with van der Waals surface area (Å²) in [5.74, 6) is 2.48. The Morgan fingerprint density at radius 2 is 1.70 bits per heavy atom. The van der Waals surface area contributed by atoms with Crippen LogP contribution in [0.25, 0.3) is 6.08 Å². The summed E-state index contributed by atoms with van der Waals surface area (Å²) in [5, 5.41) is 7.42. The summed E-state index contributed by atoms with van der Waals surface area (Å²) in [7, 11) is -3.52. The second kappa shape index (κ2) is 9.95. The molecule has 3 aromatic rings. The summed E-state index contributed by atoms with van der Waals surface area (Å²) in [6.45, 7) is 4.36. The van der Waals surface area contributed by atoms with Gasteiger partial charge in [0, 0.05) is 30.8 Å². The molecule has 30 heavy (non-hydrogen) atoms. The molecule has 8 nitrogen and oxygen atoms in total. The van der Waals surface area contributed by atoms with Crippen LogP contribution in [0.3, 0.4) is 0 Å². The maximum atomic E-state index is 12.1. The summed E-state index contributed by atoms with van der Waals surface area (Å²) in [6, 6.07) is 14.8.